The molecule has 0 atom stereocenters. The Morgan fingerprint density at radius 3 is 2.39 bits per heavy atom. The third-order valence-corrected chi connectivity index (χ3v) is 3.65. The van der Waals surface area contributed by atoms with Crippen LogP contribution < -0.4 is 0 Å². The average Bonchev–Trinajstić information content (AvgIpc) is 2.56. The van der Waals surface area contributed by atoms with Gasteiger partial charge in [0.1, 0.15) is 0 Å². The van der Waals surface area contributed by atoms with Crippen molar-refractivity contribution in [3.05, 3.63) is 78.5 Å². The predicted octanol–water partition coefficient (Wildman–Crippen LogP) is 5.41. The van der Waals surface area contributed by atoms with Crippen LogP contribution in [0.15, 0.2) is 66.9 Å². The van der Waals surface area contributed by atoms with Crippen LogP contribution in [-0.4, -0.2) is 4.98 Å². The van der Waals surface area contributed by atoms with Crippen LogP contribution in [0.5, 0.6) is 0 Å². The van der Waals surface area contributed by atoms with Crippen molar-refractivity contribution in [1.29, 1.82) is 0 Å². The van der Waals surface area contributed by atoms with Gasteiger partial charge < -0.3 is 4.98 Å². The summed E-state index contributed by atoms with van der Waals surface area (Å²) < 4.78 is 0. The van der Waals surface area contributed by atoms with Gasteiger partial charge in [0.25, 0.3) is 0 Å². The maximum absolute atomic E-state index is 4.61. The number of hydrogen-bond acceptors (Lipinski definition) is 1. The van der Waals surface area contributed by atoms with Gasteiger partial charge in [0.05, 0.1) is 0 Å². The normalized spacial score (nSPS) is 10.4. The van der Waals surface area contributed by atoms with Gasteiger partial charge in [0, 0.05) is 26.3 Å². The average molecular weight is 479 g/mol. The van der Waals surface area contributed by atoms with Crippen molar-refractivity contribution in [2.75, 3.05) is 0 Å². The summed E-state index contributed by atoms with van der Waals surface area (Å²) >= 11 is 0. The van der Waals surface area contributed by atoms with Gasteiger partial charge in [-0.05, 0) is 29.2 Å². The first-order chi connectivity index (χ1) is 10.7. The van der Waals surface area contributed by atoms with Gasteiger partial charge in [0.2, 0.25) is 0 Å². The first kappa shape index (κ1) is 17.6. The van der Waals surface area contributed by atoms with Crippen LogP contribution in [-0.2, 0) is 26.5 Å². The summed E-state index contributed by atoms with van der Waals surface area (Å²) in [4.78, 5) is 4.61. The Morgan fingerprint density at radius 2 is 1.74 bits per heavy atom. The fourth-order valence-corrected chi connectivity index (χ4v) is 2.60. The van der Waals surface area contributed by atoms with Crippen molar-refractivity contribution in [3.8, 4) is 22.4 Å². The minimum atomic E-state index is 0. The van der Waals surface area contributed by atoms with Crippen LogP contribution >= 0.6 is 0 Å². The standard InChI is InChI=1S/C21H20N.Ir/c1-16(2)13-17-11-12-21(22-15-17)20-10-6-9-19(14-20)18-7-4-3-5-8-18;/h3-9,11-12,14-16H,13H2,1-2H3;/q-1;. The van der Waals surface area contributed by atoms with E-state index in [1.54, 1.807) is 0 Å². The third-order valence-electron chi connectivity index (χ3n) is 3.65. The zero-order chi connectivity index (χ0) is 15.4. The van der Waals surface area contributed by atoms with E-state index in [9.17, 15) is 0 Å². The fraction of sp³-hybridized carbons (Fsp3) is 0.190. The molecule has 1 nitrogen and oxygen atoms in total. The van der Waals surface area contributed by atoms with E-state index in [0.717, 1.165) is 17.7 Å². The van der Waals surface area contributed by atoms with Gasteiger partial charge in [-0.15, -0.1) is 35.4 Å². The van der Waals surface area contributed by atoms with Gasteiger partial charge in [-0.1, -0.05) is 56.3 Å². The fourth-order valence-electron chi connectivity index (χ4n) is 2.60. The molecule has 3 rings (SSSR count). The Hall–Kier alpha value is -1.76. The Balaban J connectivity index is 0.00000192. The van der Waals surface area contributed by atoms with Crippen molar-refractivity contribution in [1.82, 2.24) is 4.98 Å². The van der Waals surface area contributed by atoms with E-state index in [1.807, 2.05) is 18.3 Å². The molecule has 0 fully saturated rings. The molecule has 0 aliphatic rings. The topological polar surface area (TPSA) is 12.9 Å². The van der Waals surface area contributed by atoms with Crippen LogP contribution in [0.1, 0.15) is 19.4 Å². The number of nitrogens with zero attached hydrogens (tertiary/aromatic N) is 1. The first-order valence-corrected chi connectivity index (χ1v) is 7.75. The van der Waals surface area contributed by atoms with E-state index in [-0.39, 0.29) is 20.1 Å². The van der Waals surface area contributed by atoms with Gasteiger partial charge in [0.15, 0.2) is 0 Å². The molecule has 0 aliphatic heterocycles. The quantitative estimate of drug-likeness (QED) is 0.457. The van der Waals surface area contributed by atoms with Crippen molar-refractivity contribution in [2.45, 2.75) is 20.3 Å². The van der Waals surface area contributed by atoms with Gasteiger partial charge in [-0.3, -0.25) is 0 Å². The molecular weight excluding hydrogens is 458 g/mol. The number of pyridine rings is 1. The SMILES string of the molecule is CC(C)Cc1ccc(-c2[c-]ccc(-c3ccccc3)c2)nc1.[Ir]. The molecule has 23 heavy (non-hydrogen) atoms. The van der Waals surface area contributed by atoms with Gasteiger partial charge in [-0.25, -0.2) is 0 Å². The molecule has 0 bridgehead atoms. The van der Waals surface area contributed by atoms with Gasteiger partial charge >= 0.3 is 0 Å². The Kier molecular flexibility index (Phi) is 6.27. The second-order valence-corrected chi connectivity index (χ2v) is 6.01. The number of rotatable bonds is 4. The van der Waals surface area contributed by atoms with Crippen LogP contribution in [0.25, 0.3) is 22.4 Å². The molecule has 1 radical (unpaired) electrons. The van der Waals surface area contributed by atoms with Crippen molar-refractivity contribution >= 4 is 0 Å². The van der Waals surface area contributed by atoms with Crippen LogP contribution in [0.4, 0.5) is 0 Å². The molecule has 0 aliphatic carbocycles. The summed E-state index contributed by atoms with van der Waals surface area (Å²) in [5, 5.41) is 0. The molecule has 0 N–H and O–H groups in total. The molecule has 1 aromatic heterocycles. The van der Waals surface area contributed by atoms with Gasteiger partial charge in [-0.2, -0.15) is 0 Å². The van der Waals surface area contributed by atoms with Crippen LogP contribution in [0.2, 0.25) is 0 Å². The maximum atomic E-state index is 4.61. The predicted molar refractivity (Wildman–Crippen MR) is 92.5 cm³/mol. The smallest absolute Gasteiger partial charge is 0.0192 e. The van der Waals surface area contributed by atoms with E-state index in [2.05, 4.69) is 73.4 Å². The largest absolute Gasteiger partial charge is 0.304 e. The first-order valence-electron chi connectivity index (χ1n) is 7.75. The Bertz CT molecular complexity index is 733. The number of hydrogen-bond donors (Lipinski definition) is 0. The molecule has 0 saturated heterocycles. The molecule has 3 aromatic rings. The minimum absolute atomic E-state index is 0. The summed E-state index contributed by atoms with van der Waals surface area (Å²) in [5.41, 5.74) is 5.72. The second kappa shape index (κ2) is 8.19. The third kappa shape index (κ3) is 4.60. The van der Waals surface area contributed by atoms with E-state index in [4.69, 9.17) is 0 Å². The molecule has 1 heterocycles. The second-order valence-electron chi connectivity index (χ2n) is 6.01. The molecular formula is C21H20IrN-. The Morgan fingerprint density at radius 1 is 0.957 bits per heavy atom. The molecule has 0 saturated carbocycles. The summed E-state index contributed by atoms with van der Waals surface area (Å²) in [6.07, 6.45) is 3.05. The molecule has 2 aromatic carbocycles. The number of aromatic nitrogens is 1. The maximum Gasteiger partial charge on any atom is 0.0192 e. The molecule has 2 heteroatoms. The molecule has 0 amide bonds. The van der Waals surface area contributed by atoms with Crippen molar-refractivity contribution < 1.29 is 20.1 Å². The van der Waals surface area contributed by atoms with E-state index >= 15 is 0 Å². The van der Waals surface area contributed by atoms with E-state index in [1.165, 1.54) is 16.7 Å². The zero-order valence-electron chi connectivity index (χ0n) is 13.4. The summed E-state index contributed by atoms with van der Waals surface area (Å²) in [6, 6.07) is 24.2. The Labute approximate surface area is 152 Å². The summed E-state index contributed by atoms with van der Waals surface area (Å²) in [5.74, 6) is 0.653. The number of benzene rings is 2. The summed E-state index contributed by atoms with van der Waals surface area (Å²) in [6.45, 7) is 4.45. The van der Waals surface area contributed by atoms with Crippen LogP contribution in [0, 0.1) is 12.0 Å². The minimum Gasteiger partial charge on any atom is -0.304 e. The van der Waals surface area contributed by atoms with Crippen molar-refractivity contribution in [2.24, 2.45) is 5.92 Å². The molecule has 0 spiro atoms. The molecule has 119 valence electrons. The summed E-state index contributed by atoms with van der Waals surface area (Å²) in [7, 11) is 0. The molecule has 0 unspecified atom stereocenters. The van der Waals surface area contributed by atoms with Crippen LogP contribution in [0.3, 0.4) is 0 Å². The van der Waals surface area contributed by atoms with E-state index in [0.29, 0.717) is 5.92 Å². The van der Waals surface area contributed by atoms with E-state index < -0.39 is 0 Å². The van der Waals surface area contributed by atoms with Crippen molar-refractivity contribution in [3.63, 3.8) is 0 Å². The zero-order valence-corrected chi connectivity index (χ0v) is 15.8. The monoisotopic (exact) mass is 479 g/mol.